The standard InChI is InChI=1S/C10H8ClNO/c1-6(13)7-2-3-8-5-10(11)12-9(8)4-7/h2-5,12H,1H3. The first-order valence-electron chi connectivity index (χ1n) is 3.96. The smallest absolute Gasteiger partial charge is 0.159 e. The molecule has 0 radical (unpaired) electrons. The Hall–Kier alpha value is -1.28. The number of aromatic amines is 1. The summed E-state index contributed by atoms with van der Waals surface area (Å²) in [6.45, 7) is 1.55. The minimum absolute atomic E-state index is 0.0626. The van der Waals surface area contributed by atoms with Crippen molar-refractivity contribution in [3.8, 4) is 0 Å². The van der Waals surface area contributed by atoms with E-state index in [9.17, 15) is 4.79 Å². The number of hydrogen-bond acceptors (Lipinski definition) is 1. The number of aromatic nitrogens is 1. The van der Waals surface area contributed by atoms with Crippen LogP contribution in [0.4, 0.5) is 0 Å². The number of carbonyl (C=O) groups excluding carboxylic acids is 1. The highest BCUT2D eigenvalue weighted by atomic mass is 35.5. The van der Waals surface area contributed by atoms with Gasteiger partial charge >= 0.3 is 0 Å². The zero-order valence-electron chi connectivity index (χ0n) is 7.10. The normalized spacial score (nSPS) is 10.6. The van der Waals surface area contributed by atoms with Crippen molar-refractivity contribution in [3.05, 3.63) is 35.0 Å². The molecular formula is C10H8ClNO. The van der Waals surface area contributed by atoms with E-state index in [1.54, 1.807) is 13.0 Å². The third-order valence-electron chi connectivity index (χ3n) is 2.00. The SMILES string of the molecule is CC(=O)c1ccc2cc(Cl)[nH]c2c1. The zero-order valence-corrected chi connectivity index (χ0v) is 7.85. The largest absolute Gasteiger partial charge is 0.346 e. The monoisotopic (exact) mass is 193 g/mol. The van der Waals surface area contributed by atoms with Gasteiger partial charge in [0.05, 0.1) is 0 Å². The maximum Gasteiger partial charge on any atom is 0.159 e. The molecule has 1 N–H and O–H groups in total. The predicted octanol–water partition coefficient (Wildman–Crippen LogP) is 3.02. The first-order chi connectivity index (χ1) is 6.16. The van der Waals surface area contributed by atoms with E-state index in [0.29, 0.717) is 10.7 Å². The number of halogens is 1. The second-order valence-corrected chi connectivity index (χ2v) is 3.38. The first kappa shape index (κ1) is 8.32. The highest BCUT2D eigenvalue weighted by Gasteiger charge is 2.02. The molecule has 2 aromatic rings. The quantitative estimate of drug-likeness (QED) is 0.694. The summed E-state index contributed by atoms with van der Waals surface area (Å²) in [6, 6.07) is 7.33. The molecule has 0 saturated carbocycles. The summed E-state index contributed by atoms with van der Waals surface area (Å²) in [6.07, 6.45) is 0. The second kappa shape index (κ2) is 2.89. The Morgan fingerprint density at radius 2 is 2.15 bits per heavy atom. The van der Waals surface area contributed by atoms with Crippen molar-refractivity contribution in [2.45, 2.75) is 6.92 Å². The molecule has 1 aromatic carbocycles. The van der Waals surface area contributed by atoms with Crippen LogP contribution in [0.5, 0.6) is 0 Å². The lowest BCUT2D eigenvalue weighted by molar-refractivity contribution is 0.101. The summed E-state index contributed by atoms with van der Waals surface area (Å²) in [4.78, 5) is 14.0. The van der Waals surface area contributed by atoms with Crippen molar-refractivity contribution >= 4 is 28.3 Å². The fourth-order valence-corrected chi connectivity index (χ4v) is 1.53. The van der Waals surface area contributed by atoms with Crippen molar-refractivity contribution in [3.63, 3.8) is 0 Å². The number of ketones is 1. The number of H-pyrrole nitrogens is 1. The number of nitrogens with one attached hydrogen (secondary N) is 1. The van der Waals surface area contributed by atoms with Gasteiger partial charge in [0, 0.05) is 16.5 Å². The van der Waals surface area contributed by atoms with Gasteiger partial charge in [0.2, 0.25) is 0 Å². The van der Waals surface area contributed by atoms with Gasteiger partial charge in [-0.3, -0.25) is 4.79 Å². The average molecular weight is 194 g/mol. The highest BCUT2D eigenvalue weighted by molar-refractivity contribution is 6.30. The maximum absolute atomic E-state index is 11.0. The topological polar surface area (TPSA) is 32.9 Å². The van der Waals surface area contributed by atoms with E-state index in [2.05, 4.69) is 4.98 Å². The van der Waals surface area contributed by atoms with Gasteiger partial charge in [-0.25, -0.2) is 0 Å². The number of carbonyl (C=O) groups is 1. The summed E-state index contributed by atoms with van der Waals surface area (Å²) < 4.78 is 0. The summed E-state index contributed by atoms with van der Waals surface area (Å²) >= 11 is 5.77. The molecule has 0 amide bonds. The molecule has 0 aliphatic carbocycles. The van der Waals surface area contributed by atoms with Crippen LogP contribution in [0.2, 0.25) is 5.15 Å². The third kappa shape index (κ3) is 1.45. The van der Waals surface area contributed by atoms with E-state index < -0.39 is 0 Å². The lowest BCUT2D eigenvalue weighted by Crippen LogP contribution is -1.90. The molecule has 0 spiro atoms. The molecule has 0 aliphatic heterocycles. The Morgan fingerprint density at radius 3 is 2.85 bits per heavy atom. The molecule has 1 heterocycles. The van der Waals surface area contributed by atoms with Gasteiger partial charge in [0.25, 0.3) is 0 Å². The zero-order chi connectivity index (χ0) is 9.42. The minimum atomic E-state index is 0.0626. The molecule has 0 aliphatic rings. The van der Waals surface area contributed by atoms with Gasteiger partial charge in [0.15, 0.2) is 5.78 Å². The lowest BCUT2D eigenvalue weighted by atomic mass is 10.1. The van der Waals surface area contributed by atoms with E-state index in [-0.39, 0.29) is 5.78 Å². The first-order valence-corrected chi connectivity index (χ1v) is 4.34. The van der Waals surface area contributed by atoms with Crippen LogP contribution in [0.25, 0.3) is 10.9 Å². The van der Waals surface area contributed by atoms with E-state index in [4.69, 9.17) is 11.6 Å². The number of Topliss-reactive ketones (excluding diaryl/α,β-unsaturated/α-hetero) is 1. The Kier molecular flexibility index (Phi) is 1.85. The Morgan fingerprint density at radius 1 is 1.38 bits per heavy atom. The van der Waals surface area contributed by atoms with Crippen molar-refractivity contribution in [1.82, 2.24) is 4.98 Å². The molecule has 3 heteroatoms. The molecule has 13 heavy (non-hydrogen) atoms. The van der Waals surface area contributed by atoms with Gasteiger partial charge in [-0.2, -0.15) is 0 Å². The predicted molar refractivity (Wildman–Crippen MR) is 53.3 cm³/mol. The van der Waals surface area contributed by atoms with Crippen molar-refractivity contribution in [2.24, 2.45) is 0 Å². The Bertz CT molecular complexity index is 473. The van der Waals surface area contributed by atoms with Crippen LogP contribution < -0.4 is 0 Å². The molecule has 0 bridgehead atoms. The van der Waals surface area contributed by atoms with Crippen molar-refractivity contribution in [1.29, 1.82) is 0 Å². The summed E-state index contributed by atoms with van der Waals surface area (Å²) in [5.74, 6) is 0.0626. The van der Waals surface area contributed by atoms with Crippen molar-refractivity contribution in [2.75, 3.05) is 0 Å². The fourth-order valence-electron chi connectivity index (χ4n) is 1.31. The van der Waals surface area contributed by atoms with Crippen LogP contribution in [-0.4, -0.2) is 10.8 Å². The summed E-state index contributed by atoms with van der Waals surface area (Å²) in [7, 11) is 0. The molecule has 1 aromatic heterocycles. The van der Waals surface area contributed by atoms with Crippen LogP contribution in [0.1, 0.15) is 17.3 Å². The maximum atomic E-state index is 11.0. The van der Waals surface area contributed by atoms with E-state index in [1.165, 1.54) is 0 Å². The molecule has 2 rings (SSSR count). The number of hydrogen-bond donors (Lipinski definition) is 1. The number of fused-ring (bicyclic) bond motifs is 1. The highest BCUT2D eigenvalue weighted by Crippen LogP contribution is 2.19. The summed E-state index contributed by atoms with van der Waals surface area (Å²) in [5, 5.41) is 1.62. The molecule has 0 saturated heterocycles. The number of rotatable bonds is 1. The van der Waals surface area contributed by atoms with Gasteiger partial charge < -0.3 is 4.98 Å². The number of benzene rings is 1. The second-order valence-electron chi connectivity index (χ2n) is 2.98. The van der Waals surface area contributed by atoms with Crippen LogP contribution >= 0.6 is 11.6 Å². The molecule has 2 nitrogen and oxygen atoms in total. The molecule has 0 unspecified atom stereocenters. The van der Waals surface area contributed by atoms with Gasteiger partial charge in [-0.05, 0) is 19.1 Å². The van der Waals surface area contributed by atoms with E-state index in [1.807, 2.05) is 18.2 Å². The van der Waals surface area contributed by atoms with Crippen molar-refractivity contribution < 1.29 is 4.79 Å². The van der Waals surface area contributed by atoms with Crippen LogP contribution in [0.3, 0.4) is 0 Å². The van der Waals surface area contributed by atoms with Gasteiger partial charge in [-0.15, -0.1) is 0 Å². The van der Waals surface area contributed by atoms with Crippen LogP contribution in [0, 0.1) is 0 Å². The molecule has 0 fully saturated rings. The fraction of sp³-hybridized carbons (Fsp3) is 0.100. The average Bonchev–Trinajstić information content (AvgIpc) is 2.42. The van der Waals surface area contributed by atoms with E-state index in [0.717, 1.165) is 10.9 Å². The lowest BCUT2D eigenvalue weighted by Gasteiger charge is -1.94. The van der Waals surface area contributed by atoms with Crippen LogP contribution in [0.15, 0.2) is 24.3 Å². The van der Waals surface area contributed by atoms with Gasteiger partial charge in [0.1, 0.15) is 5.15 Å². The van der Waals surface area contributed by atoms with Gasteiger partial charge in [-0.1, -0.05) is 23.7 Å². The summed E-state index contributed by atoms with van der Waals surface area (Å²) in [5.41, 5.74) is 1.60. The Balaban J connectivity index is 2.67. The van der Waals surface area contributed by atoms with E-state index >= 15 is 0 Å². The minimum Gasteiger partial charge on any atom is -0.346 e. The third-order valence-corrected chi connectivity index (χ3v) is 2.20. The Labute approximate surface area is 80.5 Å². The molecule has 0 atom stereocenters. The van der Waals surface area contributed by atoms with Crippen LogP contribution in [-0.2, 0) is 0 Å². The molecule has 66 valence electrons. The molecular weight excluding hydrogens is 186 g/mol.